The number of carbonyl (C=O) groups is 3. The molecule has 4 atom stereocenters. The summed E-state index contributed by atoms with van der Waals surface area (Å²) in [7, 11) is 3.21. The second kappa shape index (κ2) is 8.35. The summed E-state index contributed by atoms with van der Waals surface area (Å²) in [5, 5.41) is 44.9. The van der Waals surface area contributed by atoms with Crippen LogP contribution in [0, 0.1) is 11.8 Å². The van der Waals surface area contributed by atoms with Crippen molar-refractivity contribution in [2.75, 3.05) is 32.1 Å². The minimum Gasteiger partial charge on any atom is -0.510 e. The van der Waals surface area contributed by atoms with Gasteiger partial charge in [-0.2, -0.15) is 0 Å². The first kappa shape index (κ1) is 24.3. The van der Waals surface area contributed by atoms with E-state index in [0.29, 0.717) is 17.7 Å². The summed E-state index contributed by atoms with van der Waals surface area (Å²) in [6.07, 6.45) is 3.43. The number of phenolic OH excluding ortho intramolecular Hbond substituents is 1. The third-order valence-electron chi connectivity index (χ3n) is 8.27. The van der Waals surface area contributed by atoms with Gasteiger partial charge in [-0.25, -0.2) is 0 Å². The quantitative estimate of drug-likeness (QED) is 0.385. The maximum atomic E-state index is 13.8. The number of allylic oxidation sites excluding steroid dienone is 1. The number of aromatic hydroxyl groups is 1. The average Bonchev–Trinajstić information content (AvgIpc) is 2.81. The summed E-state index contributed by atoms with van der Waals surface area (Å²) in [5.74, 6) is -6.30. The standard InChI is InChI=1S/C26H31N3O7/c1-28(2)19-14-11-13-10-12-6-7-15(29-8-4-3-5-9-29)20(30)16(12)21(31)17(13)23(33)26(14,36)24(34)18(22(19)32)25(27)35/h6-7,13-14,19,30,32-33,36H,3-5,8-11H2,1-2H3,(H2,27,35)/t13-,14-,19?,26-/m0/s1. The molecule has 1 unspecified atom stereocenters. The predicted molar refractivity (Wildman–Crippen MR) is 130 cm³/mol. The van der Waals surface area contributed by atoms with Crippen molar-refractivity contribution in [3.8, 4) is 5.75 Å². The Labute approximate surface area is 208 Å². The van der Waals surface area contributed by atoms with Gasteiger partial charge in [0.05, 0.1) is 17.3 Å². The lowest BCUT2D eigenvalue weighted by atomic mass is 9.58. The molecule has 1 aliphatic heterocycles. The van der Waals surface area contributed by atoms with Gasteiger partial charge >= 0.3 is 0 Å². The van der Waals surface area contributed by atoms with Gasteiger partial charge in [0.15, 0.2) is 11.4 Å². The van der Waals surface area contributed by atoms with Crippen molar-refractivity contribution in [3.63, 3.8) is 0 Å². The monoisotopic (exact) mass is 497 g/mol. The van der Waals surface area contributed by atoms with E-state index in [9.17, 15) is 34.8 Å². The van der Waals surface area contributed by atoms with E-state index in [1.54, 1.807) is 20.2 Å². The fourth-order valence-electron chi connectivity index (χ4n) is 6.60. The number of anilines is 1. The molecule has 0 radical (unpaired) electrons. The predicted octanol–water partition coefficient (Wildman–Crippen LogP) is 1.11. The number of likely N-dealkylation sites (N-methyl/N-ethyl adjacent to an activating group) is 1. The molecule has 6 N–H and O–H groups in total. The minimum absolute atomic E-state index is 0.0545. The molecule has 36 heavy (non-hydrogen) atoms. The highest BCUT2D eigenvalue weighted by atomic mass is 16.3. The Balaban J connectivity index is 1.66. The van der Waals surface area contributed by atoms with Crippen LogP contribution < -0.4 is 10.6 Å². The number of phenols is 1. The van der Waals surface area contributed by atoms with Crippen LogP contribution >= 0.6 is 0 Å². The zero-order chi connectivity index (χ0) is 26.1. The number of nitrogens with zero attached hydrogens (tertiary/aromatic N) is 2. The molecular weight excluding hydrogens is 466 g/mol. The number of carbonyl (C=O) groups excluding carboxylic acids is 3. The molecule has 1 aromatic rings. The van der Waals surface area contributed by atoms with Gasteiger partial charge in [0.1, 0.15) is 22.8 Å². The largest absolute Gasteiger partial charge is 0.510 e. The van der Waals surface area contributed by atoms with Gasteiger partial charge in [-0.15, -0.1) is 0 Å². The smallest absolute Gasteiger partial charge is 0.255 e. The summed E-state index contributed by atoms with van der Waals surface area (Å²) in [6, 6.07) is 2.62. The Bertz CT molecular complexity index is 1240. The number of amides is 1. The fourth-order valence-corrected chi connectivity index (χ4v) is 6.60. The Morgan fingerprint density at radius 1 is 1.11 bits per heavy atom. The molecule has 1 fully saturated rings. The number of hydrogen-bond acceptors (Lipinski definition) is 9. The van der Waals surface area contributed by atoms with Gasteiger partial charge in [0, 0.05) is 24.6 Å². The van der Waals surface area contributed by atoms with E-state index in [0.717, 1.165) is 32.4 Å². The summed E-state index contributed by atoms with van der Waals surface area (Å²) >= 11 is 0. The van der Waals surface area contributed by atoms with Crippen molar-refractivity contribution in [1.82, 2.24) is 4.90 Å². The van der Waals surface area contributed by atoms with Crippen LogP contribution in [0.25, 0.3) is 0 Å². The molecule has 1 aromatic carbocycles. The van der Waals surface area contributed by atoms with E-state index in [2.05, 4.69) is 0 Å². The van der Waals surface area contributed by atoms with Crippen LogP contribution in [0.3, 0.4) is 0 Å². The summed E-state index contributed by atoms with van der Waals surface area (Å²) in [5.41, 5.74) is 3.00. The number of aliphatic hydroxyl groups excluding tert-OH is 2. The van der Waals surface area contributed by atoms with Crippen molar-refractivity contribution in [2.24, 2.45) is 17.6 Å². The number of fused-ring (bicyclic) bond motifs is 3. The molecule has 1 heterocycles. The Morgan fingerprint density at radius 3 is 2.39 bits per heavy atom. The molecule has 0 saturated carbocycles. The van der Waals surface area contributed by atoms with Gasteiger partial charge < -0.3 is 31.1 Å². The number of ketones is 2. The maximum Gasteiger partial charge on any atom is 0.255 e. The number of hydrogen-bond donors (Lipinski definition) is 5. The first-order valence-electron chi connectivity index (χ1n) is 12.2. The van der Waals surface area contributed by atoms with Crippen molar-refractivity contribution in [3.05, 3.63) is 45.9 Å². The topological polar surface area (TPSA) is 165 Å². The van der Waals surface area contributed by atoms with Crippen LogP contribution in [-0.4, -0.2) is 81.6 Å². The first-order chi connectivity index (χ1) is 17.0. The first-order valence-corrected chi connectivity index (χ1v) is 12.2. The SMILES string of the molecule is CN(C)C1C(O)=C(C(N)=O)C(=O)[C@@]2(O)C(O)=C3C(=O)c4c(ccc(N5CCCCC5)c4O)C[C@H]3C[C@@H]12. The Kier molecular flexibility index (Phi) is 5.64. The molecule has 1 amide bonds. The number of primary amides is 1. The molecule has 0 bridgehead atoms. The molecule has 10 heteroatoms. The van der Waals surface area contributed by atoms with Gasteiger partial charge in [0.25, 0.3) is 5.91 Å². The number of nitrogens with two attached hydrogens (primary N) is 1. The van der Waals surface area contributed by atoms with E-state index >= 15 is 0 Å². The van der Waals surface area contributed by atoms with Crippen LogP contribution in [0.15, 0.2) is 34.8 Å². The van der Waals surface area contributed by atoms with E-state index in [-0.39, 0.29) is 23.3 Å². The van der Waals surface area contributed by atoms with E-state index in [1.165, 1.54) is 4.90 Å². The number of rotatable bonds is 3. The maximum absolute atomic E-state index is 13.8. The Hall–Kier alpha value is -3.37. The molecule has 0 aromatic heterocycles. The van der Waals surface area contributed by atoms with Crippen molar-refractivity contribution in [1.29, 1.82) is 0 Å². The van der Waals surface area contributed by atoms with E-state index in [1.807, 2.05) is 11.0 Å². The molecule has 192 valence electrons. The van der Waals surface area contributed by atoms with Gasteiger partial charge in [-0.3, -0.25) is 19.3 Å². The highest BCUT2D eigenvalue weighted by Crippen LogP contribution is 2.52. The molecule has 3 aliphatic carbocycles. The number of Topliss-reactive ketones (excluding diaryl/α,β-unsaturated/α-hetero) is 2. The highest BCUT2D eigenvalue weighted by Gasteiger charge is 2.63. The number of aliphatic hydroxyl groups is 3. The molecule has 4 aliphatic rings. The molecule has 0 spiro atoms. The summed E-state index contributed by atoms with van der Waals surface area (Å²) in [6.45, 7) is 1.51. The zero-order valence-electron chi connectivity index (χ0n) is 20.3. The van der Waals surface area contributed by atoms with Crippen LogP contribution in [0.5, 0.6) is 5.75 Å². The average molecular weight is 498 g/mol. The number of benzene rings is 1. The van der Waals surface area contributed by atoms with Crippen molar-refractivity contribution in [2.45, 2.75) is 43.7 Å². The van der Waals surface area contributed by atoms with Crippen LogP contribution in [0.4, 0.5) is 5.69 Å². The number of piperidine rings is 1. The lowest BCUT2D eigenvalue weighted by Gasteiger charge is -2.50. The minimum atomic E-state index is -2.62. The highest BCUT2D eigenvalue weighted by molar-refractivity contribution is 6.24. The second-order valence-corrected chi connectivity index (χ2v) is 10.5. The third kappa shape index (κ3) is 3.20. The van der Waals surface area contributed by atoms with Gasteiger partial charge in [0.2, 0.25) is 5.78 Å². The fraction of sp³-hybridized carbons (Fsp3) is 0.500. The zero-order valence-corrected chi connectivity index (χ0v) is 20.3. The van der Waals surface area contributed by atoms with Crippen molar-refractivity contribution < 1.29 is 34.8 Å². The Morgan fingerprint density at radius 2 is 1.78 bits per heavy atom. The molecule has 5 rings (SSSR count). The molecule has 1 saturated heterocycles. The van der Waals surface area contributed by atoms with Crippen molar-refractivity contribution >= 4 is 23.2 Å². The van der Waals surface area contributed by atoms with Gasteiger partial charge in [-0.1, -0.05) is 6.07 Å². The molecular formula is C26H31N3O7. The summed E-state index contributed by atoms with van der Waals surface area (Å²) < 4.78 is 0. The third-order valence-corrected chi connectivity index (χ3v) is 8.27. The second-order valence-electron chi connectivity index (χ2n) is 10.5. The van der Waals surface area contributed by atoms with E-state index < -0.39 is 58.0 Å². The van der Waals surface area contributed by atoms with Crippen LogP contribution in [0.2, 0.25) is 0 Å². The van der Waals surface area contributed by atoms with E-state index in [4.69, 9.17) is 5.73 Å². The lowest BCUT2D eigenvalue weighted by Crippen LogP contribution is -2.63. The van der Waals surface area contributed by atoms with Gasteiger partial charge in [-0.05, 0) is 63.7 Å². The lowest BCUT2D eigenvalue weighted by molar-refractivity contribution is -0.148. The molecule has 10 nitrogen and oxygen atoms in total. The summed E-state index contributed by atoms with van der Waals surface area (Å²) in [4.78, 5) is 42.7. The van der Waals surface area contributed by atoms with Crippen LogP contribution in [0.1, 0.15) is 41.6 Å². The van der Waals surface area contributed by atoms with Crippen LogP contribution in [-0.2, 0) is 16.0 Å². The normalized spacial score (nSPS) is 30.3.